The smallest absolute Gasteiger partial charge is 0.228 e. The van der Waals surface area contributed by atoms with Crippen LogP contribution in [0.25, 0.3) is 0 Å². The number of carbonyl (C=O) groups excluding carboxylic acids is 1. The molecule has 5 nitrogen and oxygen atoms in total. The van der Waals surface area contributed by atoms with Crippen LogP contribution in [-0.2, 0) is 4.79 Å². The minimum absolute atomic E-state index is 0.0926. The third kappa shape index (κ3) is 3.05. The van der Waals surface area contributed by atoms with Crippen molar-refractivity contribution in [1.29, 1.82) is 0 Å². The largest absolute Gasteiger partial charge is 0.341 e. The lowest BCUT2D eigenvalue weighted by Crippen LogP contribution is -2.47. The molecule has 134 valence electrons. The number of piperidine rings is 1. The second-order valence-corrected chi connectivity index (χ2v) is 8.17. The predicted molar refractivity (Wildman–Crippen MR) is 97.5 cm³/mol. The van der Waals surface area contributed by atoms with E-state index in [4.69, 9.17) is 12.2 Å². The lowest BCUT2D eigenvalue weighted by molar-refractivity contribution is -0.143. The van der Waals surface area contributed by atoms with E-state index in [1.807, 2.05) is 0 Å². The fourth-order valence-corrected chi connectivity index (χ4v) is 4.93. The van der Waals surface area contributed by atoms with Gasteiger partial charge in [0.05, 0.1) is 0 Å². The molecule has 0 radical (unpaired) electrons. The van der Waals surface area contributed by atoms with Crippen molar-refractivity contribution in [3.8, 4) is 0 Å². The van der Waals surface area contributed by atoms with Gasteiger partial charge in [-0.3, -0.25) is 9.89 Å². The molecule has 1 aromatic heterocycles. The fourth-order valence-electron chi connectivity index (χ4n) is 4.58. The Balaban J connectivity index is 1.80. The van der Waals surface area contributed by atoms with E-state index in [0.29, 0.717) is 10.7 Å². The van der Waals surface area contributed by atoms with Gasteiger partial charge in [-0.15, -0.1) is 0 Å². The molecule has 0 aromatic carbocycles. The Hall–Kier alpha value is -1.17. The molecule has 1 unspecified atom stereocenters. The van der Waals surface area contributed by atoms with Gasteiger partial charge in [-0.2, -0.15) is 5.10 Å². The summed E-state index contributed by atoms with van der Waals surface area (Å²) in [4.78, 5) is 15.3. The Bertz CT molecular complexity index is 642. The van der Waals surface area contributed by atoms with Gasteiger partial charge in [0.25, 0.3) is 0 Å². The number of rotatable bonds is 4. The summed E-state index contributed by atoms with van der Waals surface area (Å²) in [5, 5.41) is 7.44. The standard InChI is InChI=1S/C18H30N4OS/c1-4-18(9-5-6-10-18)16(23)21-11-7-8-14(12-21)15-19-20-17(24)22(15)13(2)3/h13-14H,4-12H2,1-3H3,(H,20,24). The van der Waals surface area contributed by atoms with Crippen LogP contribution in [-0.4, -0.2) is 38.7 Å². The number of carbonyl (C=O) groups is 1. The van der Waals surface area contributed by atoms with Gasteiger partial charge in [0.15, 0.2) is 4.77 Å². The van der Waals surface area contributed by atoms with Crippen LogP contribution in [0.15, 0.2) is 0 Å². The summed E-state index contributed by atoms with van der Waals surface area (Å²) in [5.41, 5.74) is -0.0926. The van der Waals surface area contributed by atoms with Gasteiger partial charge in [0, 0.05) is 30.5 Å². The number of amides is 1. The van der Waals surface area contributed by atoms with Gasteiger partial charge in [-0.25, -0.2) is 0 Å². The minimum Gasteiger partial charge on any atom is -0.341 e. The molecular formula is C18H30N4OS. The van der Waals surface area contributed by atoms with E-state index in [2.05, 4.69) is 40.4 Å². The zero-order chi connectivity index (χ0) is 17.3. The molecule has 1 aromatic rings. The zero-order valence-electron chi connectivity index (χ0n) is 15.2. The van der Waals surface area contributed by atoms with Crippen molar-refractivity contribution in [1.82, 2.24) is 19.7 Å². The highest BCUT2D eigenvalue weighted by atomic mass is 32.1. The first kappa shape index (κ1) is 17.6. The van der Waals surface area contributed by atoms with Crippen LogP contribution in [0, 0.1) is 10.2 Å². The van der Waals surface area contributed by atoms with Gasteiger partial charge in [0.2, 0.25) is 5.91 Å². The van der Waals surface area contributed by atoms with Crippen LogP contribution >= 0.6 is 12.2 Å². The second-order valence-electron chi connectivity index (χ2n) is 7.78. The molecule has 6 heteroatoms. The van der Waals surface area contributed by atoms with E-state index in [1.165, 1.54) is 12.8 Å². The lowest BCUT2D eigenvalue weighted by Gasteiger charge is -2.38. The van der Waals surface area contributed by atoms with Gasteiger partial charge in [-0.05, 0) is 58.2 Å². The van der Waals surface area contributed by atoms with Gasteiger partial charge < -0.3 is 9.47 Å². The molecule has 1 atom stereocenters. The van der Waals surface area contributed by atoms with Crippen LogP contribution in [0.2, 0.25) is 0 Å². The molecule has 0 spiro atoms. The number of likely N-dealkylation sites (tertiary alicyclic amines) is 1. The highest BCUT2D eigenvalue weighted by Gasteiger charge is 2.43. The summed E-state index contributed by atoms with van der Waals surface area (Å²) in [7, 11) is 0. The van der Waals surface area contributed by atoms with Crippen LogP contribution < -0.4 is 0 Å². The second kappa shape index (κ2) is 6.98. The molecule has 1 amide bonds. The number of aromatic nitrogens is 3. The molecule has 1 aliphatic carbocycles. The number of hydrogen-bond donors (Lipinski definition) is 1. The average Bonchev–Trinajstić information content (AvgIpc) is 3.21. The SMILES string of the molecule is CCC1(C(=O)N2CCCC(c3n[nH]c(=S)n3C(C)C)C2)CCCC1. The minimum atomic E-state index is -0.0926. The molecule has 24 heavy (non-hydrogen) atoms. The van der Waals surface area contributed by atoms with Crippen molar-refractivity contribution in [2.45, 2.75) is 77.7 Å². The quantitative estimate of drug-likeness (QED) is 0.828. The number of hydrogen-bond acceptors (Lipinski definition) is 3. The monoisotopic (exact) mass is 350 g/mol. The zero-order valence-corrected chi connectivity index (χ0v) is 16.0. The van der Waals surface area contributed by atoms with E-state index in [0.717, 1.165) is 51.0 Å². The van der Waals surface area contributed by atoms with E-state index in [9.17, 15) is 4.79 Å². The van der Waals surface area contributed by atoms with Gasteiger partial charge >= 0.3 is 0 Å². The molecule has 2 aliphatic rings. The topological polar surface area (TPSA) is 53.9 Å². The third-order valence-corrected chi connectivity index (χ3v) is 6.30. The number of nitrogens with one attached hydrogen (secondary N) is 1. The molecule has 3 rings (SSSR count). The molecule has 2 heterocycles. The van der Waals surface area contributed by atoms with Crippen LogP contribution in [0.4, 0.5) is 0 Å². The van der Waals surface area contributed by atoms with Crippen molar-refractivity contribution in [2.24, 2.45) is 5.41 Å². The van der Waals surface area contributed by atoms with Gasteiger partial charge in [-0.1, -0.05) is 19.8 Å². The summed E-state index contributed by atoms with van der Waals surface area (Å²) < 4.78 is 2.79. The Morgan fingerprint density at radius 3 is 2.71 bits per heavy atom. The predicted octanol–water partition coefficient (Wildman–Crippen LogP) is 4.20. The van der Waals surface area contributed by atoms with Gasteiger partial charge in [0.1, 0.15) is 5.82 Å². The van der Waals surface area contributed by atoms with E-state index in [1.54, 1.807) is 0 Å². The van der Waals surface area contributed by atoms with Crippen LogP contribution in [0.5, 0.6) is 0 Å². The first-order chi connectivity index (χ1) is 11.5. The first-order valence-corrected chi connectivity index (χ1v) is 9.85. The Morgan fingerprint density at radius 1 is 1.38 bits per heavy atom. The Labute approximate surface area is 149 Å². The molecule has 1 aliphatic heterocycles. The average molecular weight is 351 g/mol. The Kier molecular flexibility index (Phi) is 5.13. The van der Waals surface area contributed by atoms with Crippen molar-refractivity contribution in [3.05, 3.63) is 10.6 Å². The van der Waals surface area contributed by atoms with Crippen LogP contribution in [0.1, 0.15) is 83.5 Å². The summed E-state index contributed by atoms with van der Waals surface area (Å²) in [6.07, 6.45) is 7.62. The van der Waals surface area contributed by atoms with Crippen molar-refractivity contribution < 1.29 is 4.79 Å². The molecule has 1 N–H and O–H groups in total. The summed E-state index contributed by atoms with van der Waals surface area (Å²) in [6.45, 7) is 8.11. The lowest BCUT2D eigenvalue weighted by atomic mass is 9.81. The van der Waals surface area contributed by atoms with Crippen molar-refractivity contribution in [3.63, 3.8) is 0 Å². The normalized spacial score (nSPS) is 23.8. The first-order valence-electron chi connectivity index (χ1n) is 9.44. The van der Waals surface area contributed by atoms with E-state index >= 15 is 0 Å². The maximum atomic E-state index is 13.2. The number of H-pyrrole nitrogens is 1. The third-order valence-electron chi connectivity index (χ3n) is 6.01. The highest BCUT2D eigenvalue weighted by molar-refractivity contribution is 7.71. The van der Waals surface area contributed by atoms with E-state index in [-0.39, 0.29) is 17.4 Å². The van der Waals surface area contributed by atoms with Crippen molar-refractivity contribution >= 4 is 18.1 Å². The Morgan fingerprint density at radius 2 is 2.08 bits per heavy atom. The summed E-state index contributed by atoms with van der Waals surface area (Å²) in [6, 6.07) is 0.286. The molecule has 0 bridgehead atoms. The van der Waals surface area contributed by atoms with Crippen molar-refractivity contribution in [2.75, 3.05) is 13.1 Å². The maximum Gasteiger partial charge on any atom is 0.228 e. The van der Waals surface area contributed by atoms with Crippen LogP contribution in [0.3, 0.4) is 0 Å². The fraction of sp³-hybridized carbons (Fsp3) is 0.833. The molecular weight excluding hydrogens is 320 g/mol. The maximum absolute atomic E-state index is 13.2. The molecule has 1 saturated carbocycles. The highest BCUT2D eigenvalue weighted by Crippen LogP contribution is 2.43. The molecule has 2 fully saturated rings. The van der Waals surface area contributed by atoms with E-state index < -0.39 is 0 Å². The number of aromatic amines is 1. The number of nitrogens with zero attached hydrogens (tertiary/aromatic N) is 3. The summed E-state index contributed by atoms with van der Waals surface area (Å²) >= 11 is 5.39. The summed E-state index contributed by atoms with van der Waals surface area (Å²) in [5.74, 6) is 1.69. The molecule has 1 saturated heterocycles.